The van der Waals surface area contributed by atoms with Crippen molar-refractivity contribution in [1.82, 2.24) is 10.6 Å². The highest BCUT2D eigenvalue weighted by atomic mass is 19.4. The predicted octanol–water partition coefficient (Wildman–Crippen LogP) is 1.40. The van der Waals surface area contributed by atoms with Gasteiger partial charge in [-0.2, -0.15) is 0 Å². The number of amides is 2. The Hall–Kier alpha value is -2.04. The lowest BCUT2D eigenvalue weighted by Crippen LogP contribution is -2.46. The van der Waals surface area contributed by atoms with Crippen molar-refractivity contribution < 1.29 is 42.1 Å². The van der Waals surface area contributed by atoms with Gasteiger partial charge in [-0.1, -0.05) is 4.89 Å². The average Bonchev–Trinajstić information content (AvgIpc) is 2.77. The van der Waals surface area contributed by atoms with Gasteiger partial charge in [0.05, 0.1) is 0 Å². The maximum Gasteiger partial charge on any atom is 0.558 e. The lowest BCUT2D eigenvalue weighted by molar-refractivity contribution is -0.463. The molecule has 8 nitrogen and oxygen atoms in total. The van der Waals surface area contributed by atoms with Gasteiger partial charge in [0, 0.05) is 12.5 Å². The van der Waals surface area contributed by atoms with Crippen LogP contribution in [0.4, 0.5) is 18.0 Å². The van der Waals surface area contributed by atoms with Crippen LogP contribution in [0.5, 0.6) is 0 Å². The number of alkyl halides is 3. The summed E-state index contributed by atoms with van der Waals surface area (Å²) < 4.78 is 40.8. The molecule has 0 spiro atoms. The summed E-state index contributed by atoms with van der Waals surface area (Å²) in [6.07, 6.45) is -6.09. The van der Waals surface area contributed by atoms with Crippen molar-refractivity contribution in [3.05, 3.63) is 0 Å². The summed E-state index contributed by atoms with van der Waals surface area (Å²) in [4.78, 5) is 41.7. The fourth-order valence-electron chi connectivity index (χ4n) is 1.96. The van der Waals surface area contributed by atoms with Gasteiger partial charge in [-0.25, -0.2) is 9.59 Å². The van der Waals surface area contributed by atoms with Gasteiger partial charge in [0.25, 0.3) is 0 Å². The zero-order valence-corrected chi connectivity index (χ0v) is 13.4. The Morgan fingerprint density at radius 3 is 2.42 bits per heavy atom. The first-order valence-electron chi connectivity index (χ1n) is 7.11. The van der Waals surface area contributed by atoms with Crippen molar-refractivity contribution in [2.45, 2.75) is 51.6 Å². The molecule has 0 bridgehead atoms. The number of alkyl carbamates (subject to hydrolysis) is 1. The summed E-state index contributed by atoms with van der Waals surface area (Å²) in [5, 5.41) is 4.61. The second-order valence-electron chi connectivity index (χ2n) is 6.14. The zero-order chi connectivity index (χ0) is 18.5. The lowest BCUT2D eigenvalue weighted by atomic mass is 9.98. The molecule has 0 aromatic rings. The molecule has 0 aliphatic carbocycles. The van der Waals surface area contributed by atoms with Gasteiger partial charge in [0.2, 0.25) is 5.91 Å². The topological polar surface area (TPSA) is 103 Å². The van der Waals surface area contributed by atoms with Crippen LogP contribution in [0.2, 0.25) is 0 Å². The van der Waals surface area contributed by atoms with Crippen LogP contribution in [0.15, 0.2) is 0 Å². The number of carbonyl (C=O) groups excluding carboxylic acids is 3. The smallest absolute Gasteiger partial charge is 0.444 e. The Balaban J connectivity index is 2.72. The van der Waals surface area contributed by atoms with Crippen LogP contribution in [-0.4, -0.2) is 42.5 Å². The Labute approximate surface area is 135 Å². The van der Waals surface area contributed by atoms with Gasteiger partial charge >= 0.3 is 18.4 Å². The Kier molecular flexibility index (Phi) is 6.41. The van der Waals surface area contributed by atoms with Crippen LogP contribution < -0.4 is 10.6 Å². The molecule has 1 aliphatic heterocycles. The molecule has 1 heterocycles. The van der Waals surface area contributed by atoms with E-state index in [0.717, 1.165) is 0 Å². The van der Waals surface area contributed by atoms with E-state index in [4.69, 9.17) is 4.74 Å². The normalized spacial score (nSPS) is 19.4. The molecule has 1 aliphatic rings. The van der Waals surface area contributed by atoms with Crippen LogP contribution in [0.1, 0.15) is 33.6 Å². The van der Waals surface area contributed by atoms with Gasteiger partial charge in [-0.3, -0.25) is 9.68 Å². The summed E-state index contributed by atoms with van der Waals surface area (Å²) in [6.45, 7) is 5.07. The van der Waals surface area contributed by atoms with E-state index in [9.17, 15) is 27.6 Å². The first-order valence-corrected chi connectivity index (χ1v) is 7.11. The molecule has 138 valence electrons. The highest BCUT2D eigenvalue weighted by Crippen LogP contribution is 2.20. The summed E-state index contributed by atoms with van der Waals surface area (Å²) >= 11 is 0. The first-order chi connectivity index (χ1) is 10.9. The number of rotatable bonds is 5. The van der Waals surface area contributed by atoms with Gasteiger partial charge in [0.15, 0.2) is 0 Å². The van der Waals surface area contributed by atoms with Crippen molar-refractivity contribution >= 4 is 18.0 Å². The Morgan fingerprint density at radius 1 is 1.33 bits per heavy atom. The molecule has 24 heavy (non-hydrogen) atoms. The van der Waals surface area contributed by atoms with Crippen LogP contribution in [0, 0.1) is 5.92 Å². The average molecular weight is 356 g/mol. The third kappa shape index (κ3) is 7.49. The van der Waals surface area contributed by atoms with Crippen LogP contribution in [0.25, 0.3) is 0 Å². The van der Waals surface area contributed by atoms with Crippen molar-refractivity contribution in [3.63, 3.8) is 0 Å². The van der Waals surface area contributed by atoms with E-state index in [0.29, 0.717) is 13.0 Å². The minimum absolute atomic E-state index is 0.245. The van der Waals surface area contributed by atoms with Crippen molar-refractivity contribution in [2.24, 2.45) is 5.92 Å². The number of halogens is 3. The monoisotopic (exact) mass is 356 g/mol. The van der Waals surface area contributed by atoms with Crippen molar-refractivity contribution in [3.8, 4) is 0 Å². The molecule has 11 heteroatoms. The zero-order valence-electron chi connectivity index (χ0n) is 13.4. The highest BCUT2D eigenvalue weighted by Gasteiger charge is 2.37. The maximum atomic E-state index is 12.0. The predicted molar refractivity (Wildman–Crippen MR) is 72.1 cm³/mol. The van der Waals surface area contributed by atoms with E-state index in [2.05, 4.69) is 20.4 Å². The number of carbonyl (C=O) groups is 3. The van der Waals surface area contributed by atoms with Crippen LogP contribution in [-0.2, 0) is 24.1 Å². The van der Waals surface area contributed by atoms with Gasteiger partial charge < -0.3 is 15.4 Å². The molecular formula is C13H19F3N2O6. The number of hydrogen-bond acceptors (Lipinski definition) is 6. The number of ether oxygens (including phenoxy) is 1. The molecule has 0 saturated carbocycles. The lowest BCUT2D eigenvalue weighted by Gasteiger charge is -2.23. The maximum absolute atomic E-state index is 12.0. The van der Waals surface area contributed by atoms with Crippen molar-refractivity contribution in [1.29, 1.82) is 0 Å². The minimum atomic E-state index is -5.18. The summed E-state index contributed by atoms with van der Waals surface area (Å²) in [6, 6.07) is -1.53. The Morgan fingerprint density at radius 2 is 1.96 bits per heavy atom. The molecule has 1 rings (SSSR count). The molecule has 0 aromatic carbocycles. The third-order valence-electron chi connectivity index (χ3n) is 2.88. The molecule has 2 atom stereocenters. The van der Waals surface area contributed by atoms with E-state index in [1.807, 2.05) is 0 Å². The van der Waals surface area contributed by atoms with E-state index in [-0.39, 0.29) is 12.3 Å². The van der Waals surface area contributed by atoms with E-state index >= 15 is 0 Å². The fourth-order valence-corrected chi connectivity index (χ4v) is 1.96. The summed E-state index contributed by atoms with van der Waals surface area (Å²) in [5.41, 5.74) is -0.883. The van der Waals surface area contributed by atoms with E-state index in [1.54, 1.807) is 20.8 Å². The standard InChI is InChI=1S/C13H19F3N2O6/c1-12(2,3)22-11(21)18-8(6-7-4-5-17-9(7)19)10(20)23-24-13(14,15)16/h7-8H,4-6H2,1-3H3,(H,17,19)(H,18,21)/t7-,8-/m0/s1. The molecule has 0 aromatic heterocycles. The first kappa shape index (κ1) is 20.0. The van der Waals surface area contributed by atoms with Gasteiger partial charge in [-0.05, 0) is 33.6 Å². The number of hydrogen-bond donors (Lipinski definition) is 2. The van der Waals surface area contributed by atoms with E-state index < -0.39 is 36.0 Å². The van der Waals surface area contributed by atoms with Crippen molar-refractivity contribution in [2.75, 3.05) is 6.54 Å². The second-order valence-corrected chi connectivity index (χ2v) is 6.14. The van der Waals surface area contributed by atoms with Gasteiger partial charge in [0.1, 0.15) is 11.6 Å². The van der Waals surface area contributed by atoms with E-state index in [1.165, 1.54) is 0 Å². The minimum Gasteiger partial charge on any atom is -0.444 e. The van der Waals surface area contributed by atoms with Crippen LogP contribution in [0.3, 0.4) is 0 Å². The molecule has 2 amide bonds. The quantitative estimate of drug-likeness (QED) is 0.570. The summed E-state index contributed by atoms with van der Waals surface area (Å²) in [5.74, 6) is -2.50. The molecular weight excluding hydrogens is 337 g/mol. The molecule has 1 saturated heterocycles. The molecule has 0 unspecified atom stereocenters. The molecule has 0 radical (unpaired) electrons. The highest BCUT2D eigenvalue weighted by molar-refractivity contribution is 5.84. The largest absolute Gasteiger partial charge is 0.558 e. The van der Waals surface area contributed by atoms with Crippen LogP contribution >= 0.6 is 0 Å². The van der Waals surface area contributed by atoms with Gasteiger partial charge in [-0.15, -0.1) is 13.2 Å². The SMILES string of the molecule is CC(C)(C)OC(=O)N[C@@H](C[C@@H]1CCNC1=O)C(=O)OOC(F)(F)F. The number of nitrogens with one attached hydrogen (secondary N) is 2. The fraction of sp³-hybridized carbons (Fsp3) is 0.769. The molecule has 1 fully saturated rings. The molecule has 2 N–H and O–H groups in total. The Bertz CT molecular complexity index is 489. The second kappa shape index (κ2) is 7.69. The summed E-state index contributed by atoms with van der Waals surface area (Å²) in [7, 11) is 0. The third-order valence-corrected chi connectivity index (χ3v) is 2.88.